The fourth-order valence-electron chi connectivity index (χ4n) is 4.15. The van der Waals surface area contributed by atoms with Gasteiger partial charge >= 0.3 is 6.18 Å². The standard InChI is InChI=1S/C22H19F6N3O/c23-13-3-1-11(2-4-13)18-17(15-7-14(24)8-16(25)19(15)31-18)12-5-10(6-12)9-30-21(32)20(29)22(26,27)28/h1-4,7-8,10,12,20,31H,5-6,9,29H2,(H,30,32)/t10-,12-,20?. The van der Waals surface area contributed by atoms with Crippen molar-refractivity contribution in [2.24, 2.45) is 11.7 Å². The van der Waals surface area contributed by atoms with Gasteiger partial charge in [0.1, 0.15) is 17.5 Å². The molecule has 1 aliphatic rings. The average molecular weight is 455 g/mol. The Morgan fingerprint density at radius 3 is 2.38 bits per heavy atom. The Kier molecular flexibility index (Phi) is 5.66. The van der Waals surface area contributed by atoms with Gasteiger partial charge in [0.25, 0.3) is 0 Å². The zero-order chi connectivity index (χ0) is 23.2. The third kappa shape index (κ3) is 4.19. The minimum absolute atomic E-state index is 0.00999. The van der Waals surface area contributed by atoms with Gasteiger partial charge in [0, 0.05) is 18.0 Å². The number of benzene rings is 2. The van der Waals surface area contributed by atoms with Gasteiger partial charge in [0.05, 0.1) is 11.2 Å². The van der Waals surface area contributed by atoms with Gasteiger partial charge in [-0.15, -0.1) is 0 Å². The number of nitrogens with two attached hydrogens (primary N) is 1. The number of carbonyl (C=O) groups is 1. The molecule has 0 radical (unpaired) electrons. The van der Waals surface area contributed by atoms with Crippen molar-refractivity contribution in [3.8, 4) is 11.3 Å². The molecule has 1 heterocycles. The normalized spacial score (nSPS) is 19.6. The van der Waals surface area contributed by atoms with Crippen molar-refractivity contribution in [2.45, 2.75) is 31.0 Å². The summed E-state index contributed by atoms with van der Waals surface area (Å²) >= 11 is 0. The summed E-state index contributed by atoms with van der Waals surface area (Å²) in [6.45, 7) is 0.00999. The number of hydrogen-bond acceptors (Lipinski definition) is 2. The summed E-state index contributed by atoms with van der Waals surface area (Å²) in [6, 6.07) is 4.94. The Morgan fingerprint density at radius 1 is 1.09 bits per heavy atom. The highest BCUT2D eigenvalue weighted by Crippen LogP contribution is 2.48. The second kappa shape index (κ2) is 8.16. The zero-order valence-corrected chi connectivity index (χ0v) is 16.6. The van der Waals surface area contributed by atoms with Crippen LogP contribution in [0.3, 0.4) is 0 Å². The van der Waals surface area contributed by atoms with Crippen LogP contribution in [0, 0.1) is 23.4 Å². The third-order valence-corrected chi connectivity index (χ3v) is 5.84. The van der Waals surface area contributed by atoms with Crippen LogP contribution in [-0.2, 0) is 4.79 Å². The molecule has 1 fully saturated rings. The second-order valence-electron chi connectivity index (χ2n) is 8.03. The van der Waals surface area contributed by atoms with Crippen molar-refractivity contribution in [2.75, 3.05) is 6.54 Å². The minimum Gasteiger partial charge on any atom is -0.354 e. The molecule has 0 bridgehead atoms. The Balaban J connectivity index is 1.56. The fraction of sp³-hybridized carbons (Fsp3) is 0.318. The van der Waals surface area contributed by atoms with Crippen molar-refractivity contribution in [1.82, 2.24) is 10.3 Å². The van der Waals surface area contributed by atoms with Crippen molar-refractivity contribution in [3.63, 3.8) is 0 Å². The maximum absolute atomic E-state index is 14.4. The molecule has 1 amide bonds. The topological polar surface area (TPSA) is 70.9 Å². The molecule has 2 aromatic carbocycles. The van der Waals surface area contributed by atoms with E-state index in [1.807, 2.05) is 0 Å². The second-order valence-corrected chi connectivity index (χ2v) is 8.03. The summed E-state index contributed by atoms with van der Waals surface area (Å²) in [5.74, 6) is -3.52. The smallest absolute Gasteiger partial charge is 0.354 e. The minimum atomic E-state index is -4.82. The maximum atomic E-state index is 14.4. The Hall–Kier alpha value is -3.01. The quantitative estimate of drug-likeness (QED) is 0.486. The monoisotopic (exact) mass is 455 g/mol. The van der Waals surface area contributed by atoms with Crippen molar-refractivity contribution < 1.29 is 31.1 Å². The molecule has 1 aromatic heterocycles. The van der Waals surface area contributed by atoms with Gasteiger partial charge in [-0.2, -0.15) is 13.2 Å². The number of rotatable bonds is 5. The maximum Gasteiger partial charge on any atom is 0.412 e. The van der Waals surface area contributed by atoms with E-state index in [0.29, 0.717) is 35.0 Å². The summed E-state index contributed by atoms with van der Waals surface area (Å²) in [5, 5.41) is 2.57. The van der Waals surface area contributed by atoms with Crippen LogP contribution < -0.4 is 11.1 Å². The van der Waals surface area contributed by atoms with E-state index >= 15 is 0 Å². The predicted molar refractivity (Wildman–Crippen MR) is 106 cm³/mol. The van der Waals surface area contributed by atoms with Crippen LogP contribution in [0.15, 0.2) is 36.4 Å². The molecule has 10 heteroatoms. The van der Waals surface area contributed by atoms with E-state index in [0.717, 1.165) is 6.07 Å². The molecule has 0 saturated heterocycles. The number of H-pyrrole nitrogens is 1. The largest absolute Gasteiger partial charge is 0.412 e. The summed E-state index contributed by atoms with van der Waals surface area (Å²) in [7, 11) is 0. The first kappa shape index (κ1) is 22.2. The SMILES string of the molecule is NC(C(=O)NC[C@H]1C[C@H](c2c(-c3ccc(F)cc3)[nH]c3c(F)cc(F)cc32)C1)C(F)(F)F. The summed E-state index contributed by atoms with van der Waals surface area (Å²) < 4.78 is 79.3. The first-order valence-corrected chi connectivity index (χ1v) is 9.91. The molecule has 1 atom stereocenters. The van der Waals surface area contributed by atoms with Crippen LogP contribution in [0.25, 0.3) is 22.2 Å². The number of carbonyl (C=O) groups excluding carboxylic acids is 1. The molecular weight excluding hydrogens is 436 g/mol. The lowest BCUT2D eigenvalue weighted by atomic mass is 9.70. The van der Waals surface area contributed by atoms with Crippen LogP contribution in [-0.4, -0.2) is 29.7 Å². The molecule has 0 spiro atoms. The van der Waals surface area contributed by atoms with Crippen LogP contribution in [0.5, 0.6) is 0 Å². The highest BCUT2D eigenvalue weighted by molar-refractivity contribution is 5.92. The molecule has 1 unspecified atom stereocenters. The van der Waals surface area contributed by atoms with Crippen LogP contribution in [0.4, 0.5) is 26.3 Å². The van der Waals surface area contributed by atoms with Crippen LogP contribution in [0.1, 0.15) is 24.3 Å². The van der Waals surface area contributed by atoms with E-state index < -0.39 is 35.6 Å². The van der Waals surface area contributed by atoms with Gasteiger partial charge in [0.15, 0.2) is 6.04 Å². The number of amides is 1. The average Bonchev–Trinajstić information content (AvgIpc) is 3.05. The molecular formula is C22H19F6N3O. The number of hydrogen-bond donors (Lipinski definition) is 3. The zero-order valence-electron chi connectivity index (χ0n) is 16.6. The van der Waals surface area contributed by atoms with E-state index in [-0.39, 0.29) is 23.9 Å². The van der Waals surface area contributed by atoms with Crippen LogP contribution in [0.2, 0.25) is 0 Å². The molecule has 4 nitrogen and oxygen atoms in total. The summed E-state index contributed by atoms with van der Waals surface area (Å²) in [4.78, 5) is 14.6. The highest BCUT2D eigenvalue weighted by Gasteiger charge is 2.42. The Labute approximate surface area is 178 Å². The lowest BCUT2D eigenvalue weighted by molar-refractivity contribution is -0.163. The molecule has 4 N–H and O–H groups in total. The number of nitrogens with one attached hydrogen (secondary N) is 2. The van der Waals surface area contributed by atoms with Gasteiger partial charge in [-0.3, -0.25) is 4.79 Å². The van der Waals surface area contributed by atoms with Gasteiger partial charge < -0.3 is 16.0 Å². The number of halogens is 6. The molecule has 0 aliphatic heterocycles. The summed E-state index contributed by atoms with van der Waals surface area (Å²) in [5.41, 5.74) is 6.77. The lowest BCUT2D eigenvalue weighted by Crippen LogP contribution is -2.51. The molecule has 32 heavy (non-hydrogen) atoms. The van der Waals surface area contributed by atoms with E-state index in [1.165, 1.54) is 30.3 Å². The van der Waals surface area contributed by atoms with Gasteiger partial charge in [-0.1, -0.05) is 0 Å². The predicted octanol–water partition coefficient (Wildman–Crippen LogP) is 4.75. The van der Waals surface area contributed by atoms with Crippen molar-refractivity contribution in [1.29, 1.82) is 0 Å². The summed E-state index contributed by atoms with van der Waals surface area (Å²) in [6.07, 6.45) is -3.85. The lowest BCUT2D eigenvalue weighted by Gasteiger charge is -2.36. The Morgan fingerprint density at radius 2 is 1.75 bits per heavy atom. The first-order chi connectivity index (χ1) is 15.0. The first-order valence-electron chi connectivity index (χ1n) is 9.91. The van der Waals surface area contributed by atoms with E-state index in [2.05, 4.69) is 10.3 Å². The van der Waals surface area contributed by atoms with E-state index in [9.17, 15) is 31.1 Å². The van der Waals surface area contributed by atoms with Gasteiger partial charge in [0.2, 0.25) is 5.91 Å². The Bertz CT molecular complexity index is 1150. The van der Waals surface area contributed by atoms with Crippen molar-refractivity contribution in [3.05, 3.63) is 59.4 Å². The van der Waals surface area contributed by atoms with Crippen molar-refractivity contribution >= 4 is 16.8 Å². The van der Waals surface area contributed by atoms with Crippen LogP contribution >= 0.6 is 0 Å². The van der Waals surface area contributed by atoms with Gasteiger partial charge in [-0.05, 0) is 66.1 Å². The fourth-order valence-corrected chi connectivity index (χ4v) is 4.15. The van der Waals surface area contributed by atoms with E-state index in [4.69, 9.17) is 5.73 Å². The molecule has 170 valence electrons. The van der Waals surface area contributed by atoms with Gasteiger partial charge in [-0.25, -0.2) is 13.2 Å². The molecule has 1 saturated carbocycles. The number of fused-ring (bicyclic) bond motifs is 1. The van der Waals surface area contributed by atoms with E-state index in [1.54, 1.807) is 0 Å². The molecule has 4 rings (SSSR count). The number of alkyl halides is 3. The highest BCUT2D eigenvalue weighted by atomic mass is 19.4. The number of aromatic nitrogens is 1. The number of aromatic amines is 1. The molecule has 3 aromatic rings. The molecule has 1 aliphatic carbocycles. The third-order valence-electron chi connectivity index (χ3n) is 5.84.